The molecule has 3 heteroatoms. The maximum absolute atomic E-state index is 6.01. The molecule has 94 valence electrons. The minimum absolute atomic E-state index is 0.315. The van der Waals surface area contributed by atoms with Gasteiger partial charge in [-0.15, -0.1) is 0 Å². The zero-order valence-electron chi connectivity index (χ0n) is 10.6. The van der Waals surface area contributed by atoms with E-state index in [9.17, 15) is 0 Å². The summed E-state index contributed by atoms with van der Waals surface area (Å²) in [6.45, 7) is 3.18. The average Bonchev–Trinajstić information content (AvgIpc) is 2.78. The molecule has 0 aliphatic heterocycles. The van der Waals surface area contributed by atoms with E-state index in [0.29, 0.717) is 12.1 Å². The summed E-state index contributed by atoms with van der Waals surface area (Å²) in [6, 6.07) is 8.46. The molecule has 0 bridgehead atoms. The molecule has 0 amide bonds. The third-order valence-electron chi connectivity index (χ3n) is 3.24. The van der Waals surface area contributed by atoms with Crippen LogP contribution >= 0.6 is 0 Å². The van der Waals surface area contributed by atoms with Crippen LogP contribution in [0.5, 0.6) is 11.5 Å². The van der Waals surface area contributed by atoms with Crippen molar-refractivity contribution in [1.82, 2.24) is 5.32 Å². The van der Waals surface area contributed by atoms with Gasteiger partial charge in [-0.05, 0) is 37.9 Å². The fourth-order valence-corrected chi connectivity index (χ4v) is 2.42. The van der Waals surface area contributed by atoms with Crippen molar-refractivity contribution < 1.29 is 9.47 Å². The average molecular weight is 235 g/mol. The monoisotopic (exact) mass is 235 g/mol. The lowest BCUT2D eigenvalue weighted by atomic mass is 10.2. The molecule has 2 unspecified atom stereocenters. The van der Waals surface area contributed by atoms with Gasteiger partial charge in [0, 0.05) is 6.04 Å². The lowest BCUT2D eigenvalue weighted by molar-refractivity contribution is 0.197. The van der Waals surface area contributed by atoms with E-state index < -0.39 is 0 Å². The van der Waals surface area contributed by atoms with E-state index in [1.54, 1.807) is 7.11 Å². The van der Waals surface area contributed by atoms with Crippen LogP contribution in [0.2, 0.25) is 0 Å². The first-order valence-corrected chi connectivity index (χ1v) is 6.36. The topological polar surface area (TPSA) is 30.5 Å². The molecule has 0 saturated heterocycles. The van der Waals surface area contributed by atoms with Crippen molar-refractivity contribution in [3.63, 3.8) is 0 Å². The number of benzene rings is 1. The van der Waals surface area contributed by atoms with E-state index in [4.69, 9.17) is 9.47 Å². The van der Waals surface area contributed by atoms with Crippen LogP contribution in [0.25, 0.3) is 0 Å². The highest BCUT2D eigenvalue weighted by atomic mass is 16.5. The highest BCUT2D eigenvalue weighted by molar-refractivity contribution is 5.39. The quantitative estimate of drug-likeness (QED) is 0.851. The Kier molecular flexibility index (Phi) is 4.26. The second-order valence-corrected chi connectivity index (χ2v) is 4.46. The normalized spacial score (nSPS) is 23.6. The summed E-state index contributed by atoms with van der Waals surface area (Å²) in [6.07, 6.45) is 3.73. The van der Waals surface area contributed by atoms with Gasteiger partial charge >= 0.3 is 0 Å². The largest absolute Gasteiger partial charge is 0.493 e. The second kappa shape index (κ2) is 5.92. The zero-order valence-corrected chi connectivity index (χ0v) is 10.6. The number of nitrogens with one attached hydrogen (secondary N) is 1. The third kappa shape index (κ3) is 3.13. The number of para-hydroxylation sites is 2. The Bertz CT molecular complexity index is 354. The Morgan fingerprint density at radius 2 is 2.00 bits per heavy atom. The van der Waals surface area contributed by atoms with Gasteiger partial charge in [0.05, 0.1) is 7.11 Å². The second-order valence-electron chi connectivity index (χ2n) is 4.46. The van der Waals surface area contributed by atoms with Gasteiger partial charge in [0.25, 0.3) is 0 Å². The van der Waals surface area contributed by atoms with E-state index in [1.807, 2.05) is 24.3 Å². The van der Waals surface area contributed by atoms with Gasteiger partial charge < -0.3 is 14.8 Å². The minimum atomic E-state index is 0.315. The van der Waals surface area contributed by atoms with Crippen molar-refractivity contribution in [2.24, 2.45) is 0 Å². The van der Waals surface area contributed by atoms with Gasteiger partial charge in [-0.1, -0.05) is 19.1 Å². The van der Waals surface area contributed by atoms with Crippen molar-refractivity contribution in [3.8, 4) is 11.5 Å². The molecule has 1 aromatic rings. The van der Waals surface area contributed by atoms with Gasteiger partial charge in [-0.2, -0.15) is 0 Å². The van der Waals surface area contributed by atoms with Crippen LogP contribution in [0.1, 0.15) is 26.2 Å². The van der Waals surface area contributed by atoms with Crippen molar-refractivity contribution in [2.45, 2.75) is 38.3 Å². The highest BCUT2D eigenvalue weighted by Crippen LogP contribution is 2.31. The Morgan fingerprint density at radius 1 is 1.24 bits per heavy atom. The third-order valence-corrected chi connectivity index (χ3v) is 3.24. The molecule has 1 N–H and O–H groups in total. The summed E-state index contributed by atoms with van der Waals surface area (Å²) >= 11 is 0. The maximum atomic E-state index is 6.01. The first-order valence-electron chi connectivity index (χ1n) is 6.36. The molecule has 1 aromatic carbocycles. The number of hydrogen-bond donors (Lipinski definition) is 1. The van der Waals surface area contributed by atoms with Crippen molar-refractivity contribution in [2.75, 3.05) is 13.7 Å². The Hall–Kier alpha value is -1.22. The summed E-state index contributed by atoms with van der Waals surface area (Å²) in [5.41, 5.74) is 0. The predicted molar refractivity (Wildman–Crippen MR) is 68.7 cm³/mol. The van der Waals surface area contributed by atoms with E-state index >= 15 is 0 Å². The molecule has 1 saturated carbocycles. The standard InChI is InChI=1S/C14H21NO2/c1-3-15-11-8-9-12(10-11)17-14-7-5-4-6-13(14)16-2/h4-7,11-12,15H,3,8-10H2,1-2H3. The Balaban J connectivity index is 1.93. The van der Waals surface area contributed by atoms with E-state index in [2.05, 4.69) is 12.2 Å². The first-order chi connectivity index (χ1) is 8.33. The fourth-order valence-electron chi connectivity index (χ4n) is 2.42. The van der Waals surface area contributed by atoms with Crippen LogP contribution in [0.4, 0.5) is 0 Å². The highest BCUT2D eigenvalue weighted by Gasteiger charge is 2.25. The molecule has 0 spiro atoms. The molecular formula is C14H21NO2. The molecule has 0 heterocycles. The van der Waals surface area contributed by atoms with Crippen LogP contribution in [-0.4, -0.2) is 25.8 Å². The number of methoxy groups -OCH3 is 1. The summed E-state index contributed by atoms with van der Waals surface area (Å²) < 4.78 is 11.3. The van der Waals surface area contributed by atoms with Gasteiger partial charge in [0.1, 0.15) is 6.10 Å². The van der Waals surface area contributed by atoms with Crippen LogP contribution in [0.15, 0.2) is 24.3 Å². The SMILES string of the molecule is CCNC1CCC(Oc2ccccc2OC)C1. The summed E-state index contributed by atoms with van der Waals surface area (Å²) in [4.78, 5) is 0. The molecule has 0 radical (unpaired) electrons. The molecule has 1 fully saturated rings. The predicted octanol–water partition coefficient (Wildman–Crippen LogP) is 2.60. The van der Waals surface area contributed by atoms with Gasteiger partial charge in [-0.3, -0.25) is 0 Å². The summed E-state index contributed by atoms with van der Waals surface area (Å²) in [5.74, 6) is 1.68. The number of ether oxygens (including phenoxy) is 2. The van der Waals surface area contributed by atoms with Gasteiger partial charge in [0.2, 0.25) is 0 Å². The number of rotatable bonds is 5. The van der Waals surface area contributed by atoms with Crippen LogP contribution < -0.4 is 14.8 Å². The van der Waals surface area contributed by atoms with Gasteiger partial charge in [-0.25, -0.2) is 0 Å². The smallest absolute Gasteiger partial charge is 0.161 e. The molecule has 1 aliphatic carbocycles. The number of hydrogen-bond acceptors (Lipinski definition) is 3. The lowest BCUT2D eigenvalue weighted by Gasteiger charge is -2.16. The fraction of sp³-hybridized carbons (Fsp3) is 0.571. The van der Waals surface area contributed by atoms with Crippen LogP contribution in [-0.2, 0) is 0 Å². The zero-order chi connectivity index (χ0) is 12.1. The van der Waals surface area contributed by atoms with E-state index in [-0.39, 0.29) is 0 Å². The van der Waals surface area contributed by atoms with Crippen LogP contribution in [0.3, 0.4) is 0 Å². The molecular weight excluding hydrogens is 214 g/mol. The molecule has 1 aliphatic rings. The minimum Gasteiger partial charge on any atom is -0.493 e. The Labute approximate surface area is 103 Å². The van der Waals surface area contributed by atoms with E-state index in [1.165, 1.54) is 6.42 Å². The van der Waals surface area contributed by atoms with E-state index in [0.717, 1.165) is 30.9 Å². The summed E-state index contributed by atoms with van der Waals surface area (Å²) in [5, 5.41) is 3.48. The van der Waals surface area contributed by atoms with Crippen molar-refractivity contribution >= 4 is 0 Å². The molecule has 3 nitrogen and oxygen atoms in total. The molecule has 17 heavy (non-hydrogen) atoms. The summed E-state index contributed by atoms with van der Waals surface area (Å²) in [7, 11) is 1.68. The van der Waals surface area contributed by atoms with Crippen LogP contribution in [0, 0.1) is 0 Å². The molecule has 0 aromatic heterocycles. The lowest BCUT2D eigenvalue weighted by Crippen LogP contribution is -2.27. The molecule has 2 atom stereocenters. The first kappa shape index (κ1) is 12.2. The van der Waals surface area contributed by atoms with Gasteiger partial charge in [0.15, 0.2) is 11.5 Å². The van der Waals surface area contributed by atoms with Crippen molar-refractivity contribution in [3.05, 3.63) is 24.3 Å². The molecule has 2 rings (SSSR count). The Morgan fingerprint density at radius 3 is 2.71 bits per heavy atom. The van der Waals surface area contributed by atoms with Crippen molar-refractivity contribution in [1.29, 1.82) is 0 Å². The maximum Gasteiger partial charge on any atom is 0.161 e.